The molecule has 0 spiro atoms. The maximum Gasteiger partial charge on any atom is 0.326 e. The molecule has 0 aliphatic rings. The van der Waals surface area contributed by atoms with E-state index in [-0.39, 0.29) is 12.3 Å². The first kappa shape index (κ1) is 30.1. The number of nitrogens with one attached hydrogen (secondary N) is 3. The summed E-state index contributed by atoms with van der Waals surface area (Å²) >= 11 is 1.38. The van der Waals surface area contributed by atoms with E-state index in [2.05, 4.69) is 16.0 Å². The third-order valence-electron chi connectivity index (χ3n) is 4.79. The number of carbonyl (C=O) groups is 6. The van der Waals surface area contributed by atoms with Crippen LogP contribution in [0.2, 0.25) is 0 Å². The number of amides is 4. The van der Waals surface area contributed by atoms with Gasteiger partial charge in [0.05, 0.1) is 18.9 Å². The standard InChI is InChI=1S/C19H33N5O8S/c1-4-9(2)15(24-16(28)10(20)7-13(21)25)18(30)22-11(5-6-33-3)17(29)23-12(19(31)32)8-14(26)27/h9-12,15H,4-8,20H2,1-3H3,(H2,21,25)(H,22,30)(H,23,29)(H,24,28)(H,26,27)(H,31,32). The highest BCUT2D eigenvalue weighted by atomic mass is 32.2. The van der Waals surface area contributed by atoms with E-state index in [9.17, 15) is 28.8 Å². The van der Waals surface area contributed by atoms with Crippen LogP contribution >= 0.6 is 11.8 Å². The Morgan fingerprint density at radius 1 is 0.909 bits per heavy atom. The van der Waals surface area contributed by atoms with Crippen LogP contribution < -0.4 is 27.4 Å². The van der Waals surface area contributed by atoms with E-state index in [4.69, 9.17) is 21.7 Å². The summed E-state index contributed by atoms with van der Waals surface area (Å²) in [6, 6.07) is -5.21. The molecular formula is C19H33N5O8S. The fourth-order valence-electron chi connectivity index (χ4n) is 2.68. The number of nitrogens with two attached hydrogens (primary N) is 2. The van der Waals surface area contributed by atoms with Gasteiger partial charge >= 0.3 is 11.9 Å². The van der Waals surface area contributed by atoms with Crippen molar-refractivity contribution in [1.29, 1.82) is 0 Å². The summed E-state index contributed by atoms with van der Waals surface area (Å²) in [4.78, 5) is 71.0. The van der Waals surface area contributed by atoms with Gasteiger partial charge in [0, 0.05) is 0 Å². The zero-order chi connectivity index (χ0) is 25.7. The third-order valence-corrected chi connectivity index (χ3v) is 5.43. The average molecular weight is 492 g/mol. The molecular weight excluding hydrogens is 458 g/mol. The number of hydrogen-bond acceptors (Lipinski definition) is 8. The third kappa shape index (κ3) is 11.5. The highest BCUT2D eigenvalue weighted by molar-refractivity contribution is 7.98. The normalized spacial score (nSPS) is 15.3. The van der Waals surface area contributed by atoms with Crippen LogP contribution in [0.5, 0.6) is 0 Å². The predicted octanol–water partition coefficient (Wildman–Crippen LogP) is -2.00. The average Bonchev–Trinajstić information content (AvgIpc) is 2.72. The summed E-state index contributed by atoms with van der Waals surface area (Å²) in [5.41, 5.74) is 10.7. The van der Waals surface area contributed by atoms with E-state index < -0.39 is 72.6 Å². The number of thioether (sulfide) groups is 1. The largest absolute Gasteiger partial charge is 0.481 e. The molecule has 0 saturated carbocycles. The summed E-state index contributed by atoms with van der Waals surface area (Å²) in [6.45, 7) is 3.47. The Kier molecular flexibility index (Phi) is 13.7. The van der Waals surface area contributed by atoms with Crippen molar-refractivity contribution in [3.63, 3.8) is 0 Å². The second-order valence-corrected chi connectivity index (χ2v) is 8.47. The Hall–Kier alpha value is -2.87. The summed E-state index contributed by atoms with van der Waals surface area (Å²) in [6.07, 6.45) is 1.11. The quantitative estimate of drug-likeness (QED) is 0.125. The lowest BCUT2D eigenvalue weighted by atomic mass is 9.97. The Balaban J connectivity index is 5.54. The van der Waals surface area contributed by atoms with Gasteiger partial charge in [0.15, 0.2) is 0 Å². The Morgan fingerprint density at radius 3 is 1.94 bits per heavy atom. The van der Waals surface area contributed by atoms with E-state index in [0.29, 0.717) is 12.2 Å². The minimum absolute atomic E-state index is 0.126. The van der Waals surface area contributed by atoms with Crippen molar-refractivity contribution >= 4 is 47.3 Å². The number of carbonyl (C=O) groups excluding carboxylic acids is 4. The minimum Gasteiger partial charge on any atom is -0.481 e. The number of aliphatic carboxylic acids is 2. The molecule has 4 amide bonds. The molecule has 0 radical (unpaired) electrons. The van der Waals surface area contributed by atoms with E-state index in [1.54, 1.807) is 20.1 Å². The van der Waals surface area contributed by atoms with Crippen molar-refractivity contribution in [2.45, 2.75) is 63.7 Å². The van der Waals surface area contributed by atoms with Crippen molar-refractivity contribution < 1.29 is 39.0 Å². The highest BCUT2D eigenvalue weighted by Crippen LogP contribution is 2.10. The fourth-order valence-corrected chi connectivity index (χ4v) is 3.16. The van der Waals surface area contributed by atoms with Crippen LogP contribution in [0.4, 0.5) is 0 Å². The molecule has 0 aromatic rings. The molecule has 14 heteroatoms. The fraction of sp³-hybridized carbons (Fsp3) is 0.684. The van der Waals surface area contributed by atoms with Crippen LogP contribution in [0.15, 0.2) is 0 Å². The molecule has 13 nitrogen and oxygen atoms in total. The minimum atomic E-state index is -1.68. The summed E-state index contributed by atoms with van der Waals surface area (Å²) in [5.74, 6) is -6.04. The van der Waals surface area contributed by atoms with Crippen molar-refractivity contribution in [3.8, 4) is 0 Å². The molecule has 5 unspecified atom stereocenters. The van der Waals surface area contributed by atoms with Crippen LogP contribution in [-0.2, 0) is 28.8 Å². The number of carboxylic acid groups (broad SMARTS) is 2. The zero-order valence-electron chi connectivity index (χ0n) is 18.8. The summed E-state index contributed by atoms with van der Waals surface area (Å²) in [5, 5.41) is 25.1. The maximum absolute atomic E-state index is 12.9. The van der Waals surface area contributed by atoms with Gasteiger partial charge in [-0.25, -0.2) is 4.79 Å². The van der Waals surface area contributed by atoms with Crippen LogP contribution in [-0.4, -0.2) is 82.0 Å². The molecule has 0 aliphatic heterocycles. The molecule has 0 aliphatic carbocycles. The van der Waals surface area contributed by atoms with Crippen molar-refractivity contribution in [1.82, 2.24) is 16.0 Å². The lowest BCUT2D eigenvalue weighted by Crippen LogP contribution is -2.59. The van der Waals surface area contributed by atoms with Crippen molar-refractivity contribution in [3.05, 3.63) is 0 Å². The van der Waals surface area contributed by atoms with Gasteiger partial charge in [-0.05, 0) is 24.3 Å². The smallest absolute Gasteiger partial charge is 0.326 e. The van der Waals surface area contributed by atoms with Gasteiger partial charge in [-0.15, -0.1) is 0 Å². The highest BCUT2D eigenvalue weighted by Gasteiger charge is 2.33. The Bertz CT molecular complexity index is 735. The van der Waals surface area contributed by atoms with Crippen molar-refractivity contribution in [2.24, 2.45) is 17.4 Å². The van der Waals surface area contributed by atoms with Crippen LogP contribution in [0.25, 0.3) is 0 Å². The molecule has 0 saturated heterocycles. The Labute approximate surface area is 195 Å². The lowest BCUT2D eigenvalue weighted by Gasteiger charge is -2.27. The summed E-state index contributed by atoms with van der Waals surface area (Å²) < 4.78 is 0. The van der Waals surface area contributed by atoms with Crippen LogP contribution in [0.3, 0.4) is 0 Å². The van der Waals surface area contributed by atoms with Gasteiger partial charge in [-0.1, -0.05) is 20.3 Å². The lowest BCUT2D eigenvalue weighted by molar-refractivity contribution is -0.147. The van der Waals surface area contributed by atoms with E-state index in [1.165, 1.54) is 11.8 Å². The molecule has 188 valence electrons. The number of rotatable bonds is 16. The van der Waals surface area contributed by atoms with Gasteiger partial charge in [-0.2, -0.15) is 11.8 Å². The van der Waals surface area contributed by atoms with Crippen LogP contribution in [0.1, 0.15) is 39.5 Å². The molecule has 0 bridgehead atoms. The van der Waals surface area contributed by atoms with E-state index in [0.717, 1.165) is 0 Å². The number of carboxylic acids is 2. The molecule has 0 aromatic heterocycles. The second-order valence-electron chi connectivity index (χ2n) is 7.49. The molecule has 0 heterocycles. The summed E-state index contributed by atoms with van der Waals surface area (Å²) in [7, 11) is 0. The van der Waals surface area contributed by atoms with Gasteiger partial charge in [-0.3, -0.25) is 24.0 Å². The molecule has 5 atom stereocenters. The molecule has 0 fully saturated rings. The number of primary amides is 1. The molecule has 9 N–H and O–H groups in total. The van der Waals surface area contributed by atoms with Crippen LogP contribution in [0, 0.1) is 5.92 Å². The first-order valence-corrected chi connectivity index (χ1v) is 11.6. The first-order valence-electron chi connectivity index (χ1n) is 10.2. The first-order chi connectivity index (χ1) is 15.3. The van der Waals surface area contributed by atoms with E-state index in [1.807, 2.05) is 0 Å². The monoisotopic (exact) mass is 491 g/mol. The maximum atomic E-state index is 12.9. The van der Waals surface area contributed by atoms with Gasteiger partial charge in [0.2, 0.25) is 23.6 Å². The van der Waals surface area contributed by atoms with E-state index >= 15 is 0 Å². The van der Waals surface area contributed by atoms with Gasteiger partial charge in [0.1, 0.15) is 18.1 Å². The second kappa shape index (κ2) is 15.1. The molecule has 0 rings (SSSR count). The molecule has 0 aromatic carbocycles. The SMILES string of the molecule is CCC(C)C(NC(=O)C(N)CC(N)=O)C(=O)NC(CCSC)C(=O)NC(CC(=O)O)C(=O)O. The number of hydrogen-bond donors (Lipinski definition) is 7. The topological polar surface area (TPSA) is 231 Å². The predicted molar refractivity (Wildman–Crippen MR) is 120 cm³/mol. The van der Waals surface area contributed by atoms with Gasteiger partial charge in [0.25, 0.3) is 0 Å². The molecule has 33 heavy (non-hydrogen) atoms. The zero-order valence-corrected chi connectivity index (χ0v) is 19.6. The Morgan fingerprint density at radius 2 is 1.48 bits per heavy atom. The van der Waals surface area contributed by atoms with Gasteiger partial charge < -0.3 is 37.6 Å². The van der Waals surface area contributed by atoms with Crippen molar-refractivity contribution in [2.75, 3.05) is 12.0 Å².